The van der Waals surface area contributed by atoms with E-state index in [1.165, 1.54) is 92.8 Å². The summed E-state index contributed by atoms with van der Waals surface area (Å²) in [6, 6.07) is 75.0. The summed E-state index contributed by atoms with van der Waals surface area (Å²) < 4.78 is 2.38. The lowest BCUT2D eigenvalue weighted by Gasteiger charge is -2.11. The van der Waals surface area contributed by atoms with Crippen molar-refractivity contribution in [1.29, 1.82) is 0 Å². The molecule has 3 nitrogen and oxygen atoms in total. The summed E-state index contributed by atoms with van der Waals surface area (Å²) in [4.78, 5) is 10.2. The van der Waals surface area contributed by atoms with Crippen LogP contribution in [0.15, 0.2) is 212 Å². The average Bonchev–Trinajstić information content (AvgIpc) is 3.67. The van der Waals surface area contributed by atoms with Crippen LogP contribution < -0.4 is 0 Å². The van der Waals surface area contributed by atoms with Gasteiger partial charge in [0.2, 0.25) is 0 Å². The highest BCUT2D eigenvalue weighted by atomic mass is 15.0. The van der Waals surface area contributed by atoms with E-state index in [-0.39, 0.29) is 0 Å². The highest BCUT2D eigenvalue weighted by Crippen LogP contribution is 2.37. The number of benzene rings is 11. The highest BCUT2D eigenvalue weighted by Gasteiger charge is 2.14. The van der Waals surface area contributed by atoms with E-state index in [0.29, 0.717) is 0 Å². The molecule has 0 aliphatic heterocycles. The maximum absolute atomic E-state index is 5.23. The summed E-state index contributed by atoms with van der Waals surface area (Å²) in [5, 5.41) is 14.5. The van der Waals surface area contributed by atoms with Gasteiger partial charge in [-0.25, -0.2) is 4.98 Å². The number of hydrogen-bond donors (Lipinski definition) is 0. The lowest BCUT2D eigenvalue weighted by Crippen LogP contribution is -1.93. The molecular formula is C58H35N3. The van der Waals surface area contributed by atoms with Crippen LogP contribution in [0.4, 0.5) is 0 Å². The standard InChI is InChI=1S/C58H35N3/c1-3-13-52-48(9-1)49-10-2-4-14-53(49)58-57(52)59-35-54(60-58)46-26-25-42-31-40(21-22-43(42)33-46)38-18-17-37-30-39(20-19-36(37)29-38)41-23-24-45-34-47(28-27-44(45)32-41)61-55-15-7-5-11-50(55)51-12-6-8-16-56(51)61/h1-35H. The minimum Gasteiger partial charge on any atom is -0.309 e. The third-order valence-corrected chi connectivity index (χ3v) is 12.7. The van der Waals surface area contributed by atoms with Gasteiger partial charge in [0.05, 0.1) is 34.0 Å². The third-order valence-electron chi connectivity index (χ3n) is 12.7. The fraction of sp³-hybridized carbons (Fsp3) is 0. The Morgan fingerprint density at radius 2 is 0.672 bits per heavy atom. The molecule has 0 saturated heterocycles. The van der Waals surface area contributed by atoms with Crippen LogP contribution in [0.25, 0.3) is 126 Å². The quantitative estimate of drug-likeness (QED) is 0.167. The highest BCUT2D eigenvalue weighted by molar-refractivity contribution is 6.23. The Balaban J connectivity index is 0.797. The van der Waals surface area contributed by atoms with E-state index >= 15 is 0 Å². The third kappa shape index (κ3) is 5.38. The van der Waals surface area contributed by atoms with Crippen LogP contribution in [-0.4, -0.2) is 14.5 Å². The Bertz CT molecular complexity index is 3860. The predicted molar refractivity (Wildman–Crippen MR) is 258 cm³/mol. The number of fused-ring (bicyclic) bond motifs is 12. The molecule has 0 spiro atoms. The van der Waals surface area contributed by atoms with Crippen LogP contribution >= 0.6 is 0 Å². The molecule has 282 valence electrons. The number of hydrogen-bond acceptors (Lipinski definition) is 2. The molecule has 13 rings (SSSR count). The van der Waals surface area contributed by atoms with Gasteiger partial charge in [-0.1, -0.05) is 152 Å². The van der Waals surface area contributed by atoms with Crippen molar-refractivity contribution in [3.05, 3.63) is 212 Å². The molecule has 2 heterocycles. The second-order valence-corrected chi connectivity index (χ2v) is 16.2. The maximum Gasteiger partial charge on any atom is 0.0979 e. The Kier molecular flexibility index (Phi) is 7.31. The molecule has 2 aromatic heterocycles. The van der Waals surface area contributed by atoms with Crippen molar-refractivity contribution < 1.29 is 0 Å². The summed E-state index contributed by atoms with van der Waals surface area (Å²) >= 11 is 0. The van der Waals surface area contributed by atoms with Crippen LogP contribution in [-0.2, 0) is 0 Å². The predicted octanol–water partition coefficient (Wildman–Crippen LogP) is 15.5. The smallest absolute Gasteiger partial charge is 0.0979 e. The molecule has 13 aromatic rings. The minimum absolute atomic E-state index is 0.876. The van der Waals surface area contributed by atoms with Gasteiger partial charge in [0.25, 0.3) is 0 Å². The molecule has 0 fully saturated rings. The largest absolute Gasteiger partial charge is 0.309 e. The number of nitrogens with zero attached hydrogens (tertiary/aromatic N) is 3. The van der Waals surface area contributed by atoms with Gasteiger partial charge in [-0.15, -0.1) is 0 Å². The van der Waals surface area contributed by atoms with E-state index in [2.05, 4.69) is 211 Å². The first-order chi connectivity index (χ1) is 30.2. The van der Waals surface area contributed by atoms with Crippen molar-refractivity contribution in [2.24, 2.45) is 0 Å². The topological polar surface area (TPSA) is 30.7 Å². The fourth-order valence-electron chi connectivity index (χ4n) is 9.70. The monoisotopic (exact) mass is 773 g/mol. The Morgan fingerprint density at radius 1 is 0.295 bits per heavy atom. The Morgan fingerprint density at radius 3 is 1.18 bits per heavy atom. The van der Waals surface area contributed by atoms with Crippen molar-refractivity contribution in [2.75, 3.05) is 0 Å². The van der Waals surface area contributed by atoms with Gasteiger partial charge in [0.15, 0.2) is 0 Å². The van der Waals surface area contributed by atoms with Crippen molar-refractivity contribution in [1.82, 2.24) is 14.5 Å². The van der Waals surface area contributed by atoms with Gasteiger partial charge in [-0.3, -0.25) is 4.98 Å². The van der Waals surface area contributed by atoms with E-state index in [0.717, 1.165) is 33.1 Å². The lowest BCUT2D eigenvalue weighted by molar-refractivity contribution is 1.19. The first kappa shape index (κ1) is 33.8. The van der Waals surface area contributed by atoms with Crippen molar-refractivity contribution in [3.8, 4) is 39.2 Å². The minimum atomic E-state index is 0.876. The van der Waals surface area contributed by atoms with Gasteiger partial charge in [-0.05, 0) is 120 Å². The summed E-state index contributed by atoms with van der Waals surface area (Å²) in [5.41, 5.74) is 12.3. The van der Waals surface area contributed by atoms with Crippen LogP contribution in [0.1, 0.15) is 0 Å². The van der Waals surface area contributed by atoms with Crippen molar-refractivity contribution in [3.63, 3.8) is 0 Å². The van der Waals surface area contributed by atoms with Gasteiger partial charge < -0.3 is 4.57 Å². The van der Waals surface area contributed by atoms with Crippen LogP contribution in [0, 0.1) is 0 Å². The normalized spacial score (nSPS) is 11.9. The van der Waals surface area contributed by atoms with Gasteiger partial charge in [-0.2, -0.15) is 0 Å². The fourth-order valence-corrected chi connectivity index (χ4v) is 9.70. The zero-order chi connectivity index (χ0) is 40.0. The summed E-state index contributed by atoms with van der Waals surface area (Å²) in [7, 11) is 0. The first-order valence-electron chi connectivity index (χ1n) is 20.9. The molecule has 0 aliphatic carbocycles. The lowest BCUT2D eigenvalue weighted by atomic mass is 9.95. The zero-order valence-electron chi connectivity index (χ0n) is 33.0. The number of para-hydroxylation sites is 2. The van der Waals surface area contributed by atoms with E-state index in [1.54, 1.807) is 0 Å². The molecule has 0 bridgehead atoms. The van der Waals surface area contributed by atoms with Gasteiger partial charge >= 0.3 is 0 Å². The molecule has 11 aromatic carbocycles. The van der Waals surface area contributed by atoms with E-state index < -0.39 is 0 Å². The Hall–Kier alpha value is -8.14. The Labute approximate surface area is 351 Å². The zero-order valence-corrected chi connectivity index (χ0v) is 33.0. The number of aromatic nitrogens is 3. The van der Waals surface area contributed by atoms with Crippen LogP contribution in [0.2, 0.25) is 0 Å². The van der Waals surface area contributed by atoms with E-state index in [4.69, 9.17) is 9.97 Å². The molecule has 0 atom stereocenters. The molecule has 0 radical (unpaired) electrons. The van der Waals surface area contributed by atoms with E-state index in [1.807, 2.05) is 6.20 Å². The van der Waals surface area contributed by atoms with E-state index in [9.17, 15) is 0 Å². The van der Waals surface area contributed by atoms with Crippen molar-refractivity contribution >= 4 is 86.7 Å². The summed E-state index contributed by atoms with van der Waals surface area (Å²) in [6.07, 6.45) is 1.92. The second kappa shape index (κ2) is 13.2. The average molecular weight is 774 g/mol. The summed E-state index contributed by atoms with van der Waals surface area (Å²) in [6.45, 7) is 0. The molecule has 0 saturated carbocycles. The van der Waals surface area contributed by atoms with Crippen LogP contribution in [0.5, 0.6) is 0 Å². The van der Waals surface area contributed by atoms with Crippen molar-refractivity contribution in [2.45, 2.75) is 0 Å². The molecule has 61 heavy (non-hydrogen) atoms. The maximum atomic E-state index is 5.23. The molecule has 0 N–H and O–H groups in total. The first-order valence-corrected chi connectivity index (χ1v) is 20.9. The number of rotatable bonds is 4. The van der Waals surface area contributed by atoms with Gasteiger partial charge in [0, 0.05) is 32.8 Å². The van der Waals surface area contributed by atoms with Crippen LogP contribution in [0.3, 0.4) is 0 Å². The molecule has 0 unspecified atom stereocenters. The molecule has 0 aliphatic rings. The second-order valence-electron chi connectivity index (χ2n) is 16.2. The van der Waals surface area contributed by atoms with Gasteiger partial charge in [0.1, 0.15) is 0 Å². The summed E-state index contributed by atoms with van der Waals surface area (Å²) in [5.74, 6) is 0. The SMILES string of the molecule is c1ccc2c(c1)c1ccccc1c1nc(-c3ccc4cc(-c5ccc6cc(-c7ccc8cc(-n9c%10ccccc%10c%10ccccc%109)ccc8c7)ccc6c5)ccc4c3)cnc21. The molecule has 0 amide bonds. The molecular weight excluding hydrogens is 739 g/mol. The molecule has 3 heteroatoms.